The molecule has 0 unspecified atom stereocenters. The summed E-state index contributed by atoms with van der Waals surface area (Å²) < 4.78 is 10.8. The van der Waals surface area contributed by atoms with Crippen LogP contribution >= 0.6 is 0 Å². The number of carbonyl (C=O) groups is 2. The molecule has 1 N–H and O–H groups in total. The Labute approximate surface area is 166 Å². The maximum absolute atomic E-state index is 12.8. The van der Waals surface area contributed by atoms with Crippen LogP contribution in [0.3, 0.4) is 0 Å². The molecule has 0 aliphatic rings. The highest BCUT2D eigenvalue weighted by molar-refractivity contribution is 6.83. The lowest BCUT2D eigenvalue weighted by molar-refractivity contribution is -0.00490. The van der Waals surface area contributed by atoms with Crippen molar-refractivity contribution in [1.29, 1.82) is 0 Å². The van der Waals surface area contributed by atoms with E-state index in [2.05, 4.69) is 43.5 Å². The molecule has 27 heavy (non-hydrogen) atoms. The van der Waals surface area contributed by atoms with E-state index in [1.165, 1.54) is 5.01 Å². The van der Waals surface area contributed by atoms with Gasteiger partial charge in [0.25, 0.3) is 0 Å². The Morgan fingerprint density at radius 1 is 1.04 bits per heavy atom. The molecule has 0 radical (unpaired) electrons. The van der Waals surface area contributed by atoms with E-state index in [4.69, 9.17) is 9.47 Å². The highest BCUT2D eigenvalue weighted by atomic mass is 28.3. The van der Waals surface area contributed by atoms with Crippen LogP contribution in [0.25, 0.3) is 0 Å². The number of ether oxygens (including phenoxy) is 2. The van der Waals surface area contributed by atoms with Gasteiger partial charge in [-0.3, -0.25) is 0 Å². The smallest absolute Gasteiger partial charge is 0.430 e. The average Bonchev–Trinajstić information content (AvgIpc) is 2.40. The third kappa shape index (κ3) is 13.2. The minimum atomic E-state index is -1.65. The molecule has 0 fully saturated rings. The number of rotatable bonds is 4. The molecular weight excluding hydrogens is 360 g/mol. The minimum Gasteiger partial charge on any atom is -0.443 e. The van der Waals surface area contributed by atoms with Gasteiger partial charge in [-0.05, 0) is 48.0 Å². The summed E-state index contributed by atoms with van der Waals surface area (Å²) in [5, 5.41) is 1.18. The summed E-state index contributed by atoms with van der Waals surface area (Å²) in [4.78, 5) is 25.1. The van der Waals surface area contributed by atoms with Gasteiger partial charge in [0.2, 0.25) is 0 Å². The Balaban J connectivity index is 5.71. The Kier molecular flexibility index (Phi) is 9.40. The van der Waals surface area contributed by atoms with Crippen molar-refractivity contribution in [3.63, 3.8) is 0 Å². The predicted octanol–water partition coefficient (Wildman–Crippen LogP) is 5.10. The number of carbonyl (C=O) groups excluding carboxylic acids is 2. The van der Waals surface area contributed by atoms with E-state index in [0.29, 0.717) is 6.42 Å². The first kappa shape index (κ1) is 25.3. The SMILES string of the molecule is CCCC[C@@H](C#C[Si](C)(C)C)N(NC(=O)OC(C)(C)C)C(=O)OC(C)(C)C. The standard InChI is InChI=1S/C20H38N2O4Si/c1-11-12-13-16(14-15-27(8,9)10)22(18(24)26-20(5,6)7)21-17(23)25-19(2,3)4/h16H,11-13H2,1-10H3,(H,21,23)/t16-/m0/s1. The molecule has 0 rings (SSSR count). The molecule has 6 nitrogen and oxygen atoms in total. The first-order valence-electron chi connectivity index (χ1n) is 9.58. The van der Waals surface area contributed by atoms with Crippen molar-refractivity contribution >= 4 is 20.3 Å². The van der Waals surface area contributed by atoms with Crippen molar-refractivity contribution in [3.05, 3.63) is 0 Å². The molecule has 1 atom stereocenters. The van der Waals surface area contributed by atoms with Crippen LogP contribution in [0.2, 0.25) is 19.6 Å². The summed E-state index contributed by atoms with van der Waals surface area (Å²) >= 11 is 0. The molecule has 0 bridgehead atoms. The van der Waals surface area contributed by atoms with Gasteiger partial charge in [0.15, 0.2) is 0 Å². The van der Waals surface area contributed by atoms with Gasteiger partial charge in [0, 0.05) is 0 Å². The maximum Gasteiger partial charge on any atom is 0.430 e. The van der Waals surface area contributed by atoms with Gasteiger partial charge in [-0.15, -0.1) is 5.54 Å². The molecule has 0 aliphatic heterocycles. The van der Waals surface area contributed by atoms with Crippen molar-refractivity contribution in [2.45, 2.75) is 105 Å². The second-order valence-corrected chi connectivity index (χ2v) is 14.4. The van der Waals surface area contributed by atoms with E-state index in [1.54, 1.807) is 41.5 Å². The number of hydrogen-bond donors (Lipinski definition) is 1. The van der Waals surface area contributed by atoms with Crippen molar-refractivity contribution in [2.75, 3.05) is 0 Å². The van der Waals surface area contributed by atoms with Gasteiger partial charge >= 0.3 is 12.2 Å². The quantitative estimate of drug-likeness (QED) is 0.406. The van der Waals surface area contributed by atoms with E-state index < -0.39 is 37.5 Å². The Bertz CT molecular complexity index is 560. The second kappa shape index (κ2) is 10.0. The molecule has 0 saturated carbocycles. The van der Waals surface area contributed by atoms with Crippen molar-refractivity contribution < 1.29 is 19.1 Å². The highest BCUT2D eigenvalue weighted by Crippen LogP contribution is 2.15. The van der Waals surface area contributed by atoms with Crippen molar-refractivity contribution in [2.24, 2.45) is 0 Å². The Morgan fingerprint density at radius 2 is 1.56 bits per heavy atom. The lowest BCUT2D eigenvalue weighted by Gasteiger charge is -2.32. The molecule has 0 heterocycles. The van der Waals surface area contributed by atoms with Crippen LogP contribution < -0.4 is 5.43 Å². The summed E-state index contributed by atoms with van der Waals surface area (Å²) in [5.41, 5.74) is 4.49. The molecule has 0 spiro atoms. The average molecular weight is 399 g/mol. The molecule has 0 aromatic carbocycles. The van der Waals surface area contributed by atoms with Gasteiger partial charge in [-0.2, -0.15) is 0 Å². The zero-order valence-corrected chi connectivity index (χ0v) is 19.8. The first-order chi connectivity index (χ1) is 12.0. The number of unbranched alkanes of at least 4 members (excludes halogenated alkanes) is 1. The fourth-order valence-electron chi connectivity index (χ4n) is 1.92. The lowest BCUT2D eigenvalue weighted by atomic mass is 10.1. The van der Waals surface area contributed by atoms with Crippen LogP contribution in [-0.2, 0) is 9.47 Å². The van der Waals surface area contributed by atoms with E-state index in [0.717, 1.165) is 12.8 Å². The maximum atomic E-state index is 12.8. The van der Waals surface area contributed by atoms with Crippen molar-refractivity contribution in [1.82, 2.24) is 10.4 Å². The second-order valence-electron chi connectivity index (χ2n) is 9.64. The fourth-order valence-corrected chi connectivity index (χ4v) is 2.52. The monoisotopic (exact) mass is 398 g/mol. The van der Waals surface area contributed by atoms with Gasteiger partial charge < -0.3 is 9.47 Å². The Morgan fingerprint density at radius 3 is 1.96 bits per heavy atom. The molecule has 7 heteroatoms. The van der Waals surface area contributed by atoms with E-state index in [9.17, 15) is 9.59 Å². The largest absolute Gasteiger partial charge is 0.443 e. The predicted molar refractivity (Wildman–Crippen MR) is 112 cm³/mol. The molecule has 0 aliphatic carbocycles. The van der Waals surface area contributed by atoms with Crippen LogP contribution in [0.1, 0.15) is 67.7 Å². The fraction of sp³-hybridized carbons (Fsp3) is 0.800. The molecule has 0 aromatic heterocycles. The molecule has 0 aromatic rings. The lowest BCUT2D eigenvalue weighted by Crippen LogP contribution is -2.54. The number of nitrogens with one attached hydrogen (secondary N) is 1. The van der Waals surface area contributed by atoms with Gasteiger partial charge in [0.05, 0.1) is 0 Å². The van der Waals surface area contributed by atoms with Gasteiger partial charge in [0.1, 0.15) is 25.3 Å². The van der Waals surface area contributed by atoms with Crippen LogP contribution in [0.15, 0.2) is 0 Å². The summed E-state index contributed by atoms with van der Waals surface area (Å²) in [6.07, 6.45) is 1.13. The zero-order valence-electron chi connectivity index (χ0n) is 18.8. The number of hydrazine groups is 1. The molecule has 0 saturated heterocycles. The number of hydrogen-bond acceptors (Lipinski definition) is 4. The minimum absolute atomic E-state index is 0.473. The summed E-state index contributed by atoms with van der Waals surface area (Å²) in [6.45, 7) is 19.1. The zero-order chi connectivity index (χ0) is 21.5. The van der Waals surface area contributed by atoms with E-state index in [1.807, 2.05) is 0 Å². The van der Waals surface area contributed by atoms with Crippen LogP contribution in [0.5, 0.6) is 0 Å². The molecule has 156 valence electrons. The van der Waals surface area contributed by atoms with Crippen LogP contribution in [0, 0.1) is 11.5 Å². The highest BCUT2D eigenvalue weighted by Gasteiger charge is 2.30. The number of nitrogens with zero attached hydrogens (tertiary/aromatic N) is 1. The Hall–Kier alpha value is -1.68. The van der Waals surface area contributed by atoms with Crippen molar-refractivity contribution in [3.8, 4) is 11.5 Å². The van der Waals surface area contributed by atoms with E-state index in [-0.39, 0.29) is 0 Å². The van der Waals surface area contributed by atoms with Crippen LogP contribution in [-0.4, -0.2) is 42.5 Å². The molecular formula is C20H38N2O4Si. The van der Waals surface area contributed by atoms with Gasteiger partial charge in [-0.25, -0.2) is 20.0 Å². The summed E-state index contributed by atoms with van der Waals surface area (Å²) in [6, 6.07) is -0.473. The summed E-state index contributed by atoms with van der Waals surface area (Å²) in [7, 11) is -1.65. The first-order valence-corrected chi connectivity index (χ1v) is 13.1. The van der Waals surface area contributed by atoms with Gasteiger partial charge in [-0.1, -0.05) is 45.3 Å². The summed E-state index contributed by atoms with van der Waals surface area (Å²) in [5.74, 6) is 3.20. The number of amides is 2. The topological polar surface area (TPSA) is 67.9 Å². The third-order valence-electron chi connectivity index (χ3n) is 2.96. The van der Waals surface area contributed by atoms with Crippen LogP contribution in [0.4, 0.5) is 9.59 Å². The normalized spacial score (nSPS) is 13.1. The molecule has 2 amide bonds. The van der Waals surface area contributed by atoms with E-state index >= 15 is 0 Å². The third-order valence-corrected chi connectivity index (χ3v) is 3.85.